The summed E-state index contributed by atoms with van der Waals surface area (Å²) in [6, 6.07) is 6.07. The van der Waals surface area contributed by atoms with Crippen LogP contribution in [0.2, 0.25) is 0 Å². The van der Waals surface area contributed by atoms with Crippen molar-refractivity contribution in [2.75, 3.05) is 11.2 Å². The molecule has 0 saturated carbocycles. The Labute approximate surface area is 141 Å². The summed E-state index contributed by atoms with van der Waals surface area (Å²) in [7, 11) is 0. The molecule has 0 atom stereocenters. The van der Waals surface area contributed by atoms with E-state index >= 15 is 0 Å². The van der Waals surface area contributed by atoms with Crippen LogP contribution in [0.4, 0.5) is 11.5 Å². The van der Waals surface area contributed by atoms with Crippen molar-refractivity contribution in [3.05, 3.63) is 45.6 Å². The molecule has 1 aliphatic rings. The van der Waals surface area contributed by atoms with Crippen LogP contribution in [0.3, 0.4) is 0 Å². The number of hydrogen-bond donors (Lipinski definition) is 1. The fourth-order valence-corrected chi connectivity index (χ4v) is 3.53. The van der Waals surface area contributed by atoms with Crippen molar-refractivity contribution in [2.45, 2.75) is 17.9 Å². The van der Waals surface area contributed by atoms with Gasteiger partial charge in [0.2, 0.25) is 5.91 Å². The van der Waals surface area contributed by atoms with E-state index in [-0.39, 0.29) is 23.9 Å². The van der Waals surface area contributed by atoms with Gasteiger partial charge in [-0.25, -0.2) is 4.68 Å². The Bertz CT molecular complexity index is 760. The summed E-state index contributed by atoms with van der Waals surface area (Å²) in [6.45, 7) is 0. The van der Waals surface area contributed by atoms with Gasteiger partial charge in [-0.3, -0.25) is 14.9 Å². The topological polar surface area (TPSA) is 90.1 Å². The zero-order chi connectivity index (χ0) is 16.4. The molecule has 0 radical (unpaired) electrons. The number of amides is 1. The highest BCUT2D eigenvalue weighted by atomic mass is 35.5. The van der Waals surface area contributed by atoms with Crippen LogP contribution >= 0.6 is 23.4 Å². The van der Waals surface area contributed by atoms with E-state index in [1.807, 2.05) is 0 Å². The number of thioether (sulfide) groups is 1. The minimum absolute atomic E-state index is 0.0109. The summed E-state index contributed by atoms with van der Waals surface area (Å²) >= 11 is 7.34. The third-order valence-electron chi connectivity index (χ3n) is 3.44. The number of hydrogen-bond acceptors (Lipinski definition) is 5. The Hall–Kier alpha value is -2.06. The van der Waals surface area contributed by atoms with Crippen LogP contribution in [-0.4, -0.2) is 26.5 Å². The van der Waals surface area contributed by atoms with Gasteiger partial charge in [0.15, 0.2) is 0 Å². The van der Waals surface area contributed by atoms with Crippen molar-refractivity contribution in [3.63, 3.8) is 0 Å². The van der Waals surface area contributed by atoms with Gasteiger partial charge in [0.05, 0.1) is 16.3 Å². The molecule has 23 heavy (non-hydrogen) atoms. The first-order chi connectivity index (χ1) is 11.1. The lowest BCUT2D eigenvalue weighted by Crippen LogP contribution is -2.16. The molecule has 1 aliphatic heterocycles. The predicted molar refractivity (Wildman–Crippen MR) is 89.2 cm³/mol. The molecule has 0 spiro atoms. The SMILES string of the molecule is O=C(CCCl)Nc1c2c(nn1-c1ccc([N+](=O)[O-])cc1)CSC2. The van der Waals surface area contributed by atoms with Gasteiger partial charge in [-0.15, -0.1) is 11.6 Å². The number of alkyl halides is 1. The summed E-state index contributed by atoms with van der Waals surface area (Å²) in [5.74, 6) is 2.25. The van der Waals surface area contributed by atoms with E-state index in [1.54, 1.807) is 28.6 Å². The number of fused-ring (bicyclic) bond motifs is 1. The Balaban J connectivity index is 1.98. The van der Waals surface area contributed by atoms with E-state index in [0.717, 1.165) is 22.8 Å². The highest BCUT2D eigenvalue weighted by Crippen LogP contribution is 2.36. The van der Waals surface area contributed by atoms with Crippen LogP contribution in [0.1, 0.15) is 17.7 Å². The summed E-state index contributed by atoms with van der Waals surface area (Å²) in [5, 5.41) is 18.1. The third-order valence-corrected chi connectivity index (χ3v) is 4.60. The number of aromatic nitrogens is 2. The van der Waals surface area contributed by atoms with E-state index in [4.69, 9.17) is 11.6 Å². The van der Waals surface area contributed by atoms with Crippen LogP contribution in [0.25, 0.3) is 5.69 Å². The van der Waals surface area contributed by atoms with Gasteiger partial charge in [-0.05, 0) is 12.1 Å². The number of nitrogens with zero attached hydrogens (tertiary/aromatic N) is 3. The monoisotopic (exact) mass is 352 g/mol. The third kappa shape index (κ3) is 3.18. The minimum atomic E-state index is -0.452. The van der Waals surface area contributed by atoms with Crippen molar-refractivity contribution >= 4 is 40.8 Å². The number of carbonyl (C=O) groups excluding carboxylic acids is 1. The molecule has 2 aromatic rings. The molecular weight excluding hydrogens is 340 g/mol. The van der Waals surface area contributed by atoms with Crippen LogP contribution in [0, 0.1) is 10.1 Å². The molecule has 0 fully saturated rings. The quantitative estimate of drug-likeness (QED) is 0.507. The van der Waals surface area contributed by atoms with E-state index in [9.17, 15) is 14.9 Å². The summed E-state index contributed by atoms with van der Waals surface area (Å²) in [6.07, 6.45) is 0.217. The molecule has 120 valence electrons. The average molecular weight is 353 g/mol. The molecule has 1 aromatic heterocycles. The zero-order valence-electron chi connectivity index (χ0n) is 12.0. The first-order valence-corrected chi connectivity index (χ1v) is 8.58. The van der Waals surface area contributed by atoms with Gasteiger partial charge in [0.25, 0.3) is 5.69 Å². The lowest BCUT2D eigenvalue weighted by molar-refractivity contribution is -0.384. The van der Waals surface area contributed by atoms with Crippen molar-refractivity contribution in [2.24, 2.45) is 0 Å². The van der Waals surface area contributed by atoms with Crippen LogP contribution < -0.4 is 5.32 Å². The number of halogens is 1. The Morgan fingerprint density at radius 3 is 2.78 bits per heavy atom. The van der Waals surface area contributed by atoms with Gasteiger partial charge < -0.3 is 5.32 Å². The van der Waals surface area contributed by atoms with E-state index in [1.165, 1.54) is 12.1 Å². The summed E-state index contributed by atoms with van der Waals surface area (Å²) in [5.41, 5.74) is 2.60. The molecule has 3 rings (SSSR count). The maximum atomic E-state index is 11.9. The predicted octanol–water partition coefficient (Wildman–Crippen LogP) is 3.09. The van der Waals surface area contributed by atoms with E-state index < -0.39 is 4.92 Å². The molecule has 7 nitrogen and oxygen atoms in total. The second-order valence-electron chi connectivity index (χ2n) is 4.94. The van der Waals surface area contributed by atoms with Crippen molar-refractivity contribution in [1.82, 2.24) is 9.78 Å². The molecule has 1 amide bonds. The first kappa shape index (κ1) is 15.8. The fourth-order valence-electron chi connectivity index (χ4n) is 2.32. The smallest absolute Gasteiger partial charge is 0.269 e. The molecule has 0 saturated heterocycles. The number of rotatable bonds is 5. The maximum Gasteiger partial charge on any atom is 0.269 e. The largest absolute Gasteiger partial charge is 0.310 e. The maximum absolute atomic E-state index is 11.9. The molecule has 9 heteroatoms. The lowest BCUT2D eigenvalue weighted by atomic mass is 10.2. The van der Waals surface area contributed by atoms with Crippen molar-refractivity contribution < 1.29 is 9.72 Å². The fraction of sp³-hybridized carbons (Fsp3) is 0.286. The number of anilines is 1. The second-order valence-corrected chi connectivity index (χ2v) is 6.30. The number of nitro benzene ring substituents is 1. The summed E-state index contributed by atoms with van der Waals surface area (Å²) in [4.78, 5) is 22.2. The minimum Gasteiger partial charge on any atom is -0.310 e. The highest BCUT2D eigenvalue weighted by molar-refractivity contribution is 7.98. The van der Waals surface area contributed by atoms with Gasteiger partial charge in [-0.1, -0.05) is 0 Å². The van der Waals surface area contributed by atoms with E-state index in [2.05, 4.69) is 10.4 Å². The average Bonchev–Trinajstić information content (AvgIpc) is 3.10. The number of carbonyl (C=O) groups is 1. The number of non-ortho nitro benzene ring substituents is 1. The Kier molecular flexibility index (Phi) is 4.53. The Morgan fingerprint density at radius 1 is 1.39 bits per heavy atom. The number of nitrogens with one attached hydrogen (secondary N) is 1. The number of nitro groups is 1. The zero-order valence-corrected chi connectivity index (χ0v) is 13.6. The molecule has 2 heterocycles. The molecule has 1 N–H and O–H groups in total. The van der Waals surface area contributed by atoms with Crippen molar-refractivity contribution in [3.8, 4) is 5.69 Å². The molecular formula is C14H13ClN4O3S. The van der Waals surface area contributed by atoms with Gasteiger partial charge in [0.1, 0.15) is 5.82 Å². The molecule has 0 aliphatic carbocycles. The van der Waals surface area contributed by atoms with Crippen molar-refractivity contribution in [1.29, 1.82) is 0 Å². The van der Waals surface area contributed by atoms with Crippen LogP contribution in [0.15, 0.2) is 24.3 Å². The van der Waals surface area contributed by atoms with Gasteiger partial charge in [0, 0.05) is 41.5 Å². The van der Waals surface area contributed by atoms with E-state index in [0.29, 0.717) is 11.5 Å². The molecule has 0 unspecified atom stereocenters. The normalized spacial score (nSPS) is 12.9. The standard InChI is InChI=1S/C14H13ClN4O3S/c15-6-5-13(20)16-14-11-7-23-8-12(11)17-18(14)9-1-3-10(4-2-9)19(21)22/h1-4H,5-8H2,(H,16,20). The lowest BCUT2D eigenvalue weighted by Gasteiger charge is -2.10. The number of benzene rings is 1. The van der Waals surface area contributed by atoms with Gasteiger partial charge >= 0.3 is 0 Å². The second kappa shape index (κ2) is 6.59. The Morgan fingerprint density at radius 2 is 2.13 bits per heavy atom. The molecule has 0 bridgehead atoms. The van der Waals surface area contributed by atoms with Crippen LogP contribution in [-0.2, 0) is 16.3 Å². The van der Waals surface area contributed by atoms with Gasteiger partial charge in [-0.2, -0.15) is 16.9 Å². The summed E-state index contributed by atoms with van der Waals surface area (Å²) < 4.78 is 1.63. The van der Waals surface area contributed by atoms with Crippen LogP contribution in [0.5, 0.6) is 0 Å². The molecule has 1 aromatic carbocycles. The highest BCUT2D eigenvalue weighted by Gasteiger charge is 2.24. The first-order valence-electron chi connectivity index (χ1n) is 6.89.